The van der Waals surface area contributed by atoms with E-state index >= 15 is 0 Å². The Morgan fingerprint density at radius 3 is 1.43 bits per heavy atom. The van der Waals surface area contributed by atoms with Gasteiger partial charge < -0.3 is 34.3 Å². The molecule has 0 amide bonds. The van der Waals surface area contributed by atoms with Crippen LogP contribution in [0.5, 0.6) is 5.75 Å². The number of benzene rings is 4. The SMILES string of the molecule is CCO[c-]1cccc1P(c1ccccc1)c1ccccc1.[Fe].c1ccc(P(c2ccccc2)[c-]2[cH-][cH-][cH-][cH-]2)cc1. The molecule has 4 heteroatoms. The van der Waals surface area contributed by atoms with Crippen LogP contribution >= 0.6 is 15.8 Å². The Hall–Kier alpha value is -3.24. The first-order valence-electron chi connectivity index (χ1n) is 13.3. The van der Waals surface area contributed by atoms with E-state index < -0.39 is 15.8 Å². The Balaban J connectivity index is 0.000000182. The van der Waals surface area contributed by atoms with Gasteiger partial charge in [0.05, 0.1) is 6.61 Å². The zero-order valence-corrected chi connectivity index (χ0v) is 25.3. The van der Waals surface area contributed by atoms with E-state index in [2.05, 4.69) is 164 Å². The van der Waals surface area contributed by atoms with Crippen molar-refractivity contribution in [2.24, 2.45) is 0 Å². The molecule has 206 valence electrons. The Kier molecular flexibility index (Phi) is 11.5. The van der Waals surface area contributed by atoms with E-state index in [9.17, 15) is 0 Å². The fraction of sp³-hybridized carbons (Fsp3) is 0.0556. The van der Waals surface area contributed by atoms with Gasteiger partial charge in [-0.15, -0.1) is 6.07 Å². The van der Waals surface area contributed by atoms with Crippen molar-refractivity contribution in [3.8, 4) is 5.75 Å². The van der Waals surface area contributed by atoms with E-state index in [1.54, 1.807) is 0 Å². The fourth-order valence-corrected chi connectivity index (χ4v) is 9.25. The van der Waals surface area contributed by atoms with Gasteiger partial charge in [0.1, 0.15) is 0 Å². The summed E-state index contributed by atoms with van der Waals surface area (Å²) in [4.78, 5) is 0. The Morgan fingerprint density at radius 2 is 1.00 bits per heavy atom. The number of hydrogen-bond donors (Lipinski definition) is 0. The van der Waals surface area contributed by atoms with Crippen LogP contribution in [0.4, 0.5) is 0 Å². The van der Waals surface area contributed by atoms with Crippen molar-refractivity contribution in [3.05, 3.63) is 164 Å². The molecule has 0 aliphatic rings. The summed E-state index contributed by atoms with van der Waals surface area (Å²) in [5.74, 6) is 1.01. The second-order valence-electron chi connectivity index (χ2n) is 8.86. The minimum Gasteiger partial charge on any atom is -0.747 e. The molecular formula is C36H32FeOP2-6. The van der Waals surface area contributed by atoms with Crippen LogP contribution < -0.4 is 36.6 Å². The van der Waals surface area contributed by atoms with E-state index in [1.165, 1.54) is 31.8 Å². The van der Waals surface area contributed by atoms with Crippen molar-refractivity contribution < 1.29 is 21.8 Å². The second-order valence-corrected chi connectivity index (χ2v) is 13.3. The first-order valence-corrected chi connectivity index (χ1v) is 15.9. The molecule has 6 aromatic rings. The monoisotopic (exact) mass is 598 g/mol. The number of ether oxygens (including phenoxy) is 1. The maximum Gasteiger partial charge on any atom is 0.0686 e. The summed E-state index contributed by atoms with van der Waals surface area (Å²) in [6.07, 6.45) is 0. The molecule has 0 bridgehead atoms. The summed E-state index contributed by atoms with van der Waals surface area (Å²) in [5.41, 5.74) is 0. The third-order valence-electron chi connectivity index (χ3n) is 6.26. The van der Waals surface area contributed by atoms with Crippen LogP contribution in [0.2, 0.25) is 0 Å². The van der Waals surface area contributed by atoms with Gasteiger partial charge in [-0.25, -0.2) is 20.1 Å². The largest absolute Gasteiger partial charge is 0.747 e. The maximum atomic E-state index is 5.82. The molecule has 0 atom stereocenters. The zero-order chi connectivity index (χ0) is 26.7. The molecule has 0 fully saturated rings. The molecular weight excluding hydrogens is 566 g/mol. The first kappa shape index (κ1) is 29.7. The summed E-state index contributed by atoms with van der Waals surface area (Å²) >= 11 is 0. The summed E-state index contributed by atoms with van der Waals surface area (Å²) in [6, 6.07) is 58.0. The molecule has 0 saturated heterocycles. The summed E-state index contributed by atoms with van der Waals surface area (Å²) in [7, 11) is -0.975. The molecule has 0 aliphatic heterocycles. The minimum atomic E-state index is -0.566. The molecule has 0 aliphatic carbocycles. The quantitative estimate of drug-likeness (QED) is 0.107. The van der Waals surface area contributed by atoms with E-state index in [1.807, 2.05) is 6.92 Å². The van der Waals surface area contributed by atoms with Crippen LogP contribution in [0.3, 0.4) is 0 Å². The van der Waals surface area contributed by atoms with Crippen LogP contribution in [0, 0.1) is 0 Å². The molecule has 0 saturated carbocycles. The van der Waals surface area contributed by atoms with Gasteiger partial charge in [-0.2, -0.15) is 0 Å². The topological polar surface area (TPSA) is 9.23 Å². The van der Waals surface area contributed by atoms with Crippen molar-refractivity contribution in [1.82, 2.24) is 0 Å². The average molecular weight is 598 g/mol. The molecule has 0 unspecified atom stereocenters. The van der Waals surface area contributed by atoms with Gasteiger partial charge in [0.2, 0.25) is 0 Å². The second kappa shape index (κ2) is 15.5. The smallest absolute Gasteiger partial charge is 0.0686 e. The van der Waals surface area contributed by atoms with Gasteiger partial charge >= 0.3 is 0 Å². The van der Waals surface area contributed by atoms with Crippen LogP contribution in [0.15, 0.2) is 164 Å². The molecule has 1 nitrogen and oxygen atoms in total. The summed E-state index contributed by atoms with van der Waals surface area (Å²) < 4.78 is 5.82. The number of hydrogen-bond acceptors (Lipinski definition) is 1. The Bertz CT molecular complexity index is 1420. The van der Waals surface area contributed by atoms with Crippen molar-refractivity contribution in [2.75, 3.05) is 6.61 Å². The van der Waals surface area contributed by atoms with Crippen LogP contribution in [0.1, 0.15) is 6.92 Å². The van der Waals surface area contributed by atoms with Gasteiger partial charge in [0.25, 0.3) is 0 Å². The molecule has 6 aromatic carbocycles. The third kappa shape index (κ3) is 7.48. The van der Waals surface area contributed by atoms with Crippen molar-refractivity contribution in [1.29, 1.82) is 0 Å². The third-order valence-corrected chi connectivity index (χ3v) is 11.2. The molecule has 0 heterocycles. The summed E-state index contributed by atoms with van der Waals surface area (Å²) in [6.45, 7) is 2.73. The van der Waals surface area contributed by atoms with Gasteiger partial charge in [0, 0.05) is 22.8 Å². The maximum absolute atomic E-state index is 5.82. The van der Waals surface area contributed by atoms with Crippen LogP contribution in [0.25, 0.3) is 0 Å². The van der Waals surface area contributed by atoms with Crippen LogP contribution in [-0.4, -0.2) is 6.61 Å². The fourth-order valence-electron chi connectivity index (χ4n) is 4.55. The molecule has 6 rings (SSSR count). The van der Waals surface area contributed by atoms with Gasteiger partial charge in [0.15, 0.2) is 0 Å². The van der Waals surface area contributed by atoms with E-state index in [0.29, 0.717) is 6.61 Å². The Morgan fingerprint density at radius 1 is 0.575 bits per heavy atom. The van der Waals surface area contributed by atoms with Gasteiger partial charge in [-0.05, 0) is 25.5 Å². The molecule has 0 N–H and O–H groups in total. The predicted molar refractivity (Wildman–Crippen MR) is 173 cm³/mol. The zero-order valence-electron chi connectivity index (χ0n) is 22.5. The van der Waals surface area contributed by atoms with Crippen LogP contribution in [-0.2, 0) is 17.1 Å². The van der Waals surface area contributed by atoms with Gasteiger partial charge in [-0.3, -0.25) is 0 Å². The molecule has 0 radical (unpaired) electrons. The van der Waals surface area contributed by atoms with E-state index in [-0.39, 0.29) is 17.1 Å². The molecule has 40 heavy (non-hydrogen) atoms. The van der Waals surface area contributed by atoms with Gasteiger partial charge in [-0.1, -0.05) is 137 Å². The van der Waals surface area contributed by atoms with Crippen molar-refractivity contribution in [2.45, 2.75) is 6.92 Å². The Labute approximate surface area is 251 Å². The summed E-state index contributed by atoms with van der Waals surface area (Å²) in [5, 5.41) is 8.23. The average Bonchev–Trinajstić information content (AvgIpc) is 3.70. The minimum absolute atomic E-state index is 0. The molecule has 0 aromatic heterocycles. The van der Waals surface area contributed by atoms with Crippen molar-refractivity contribution >= 4 is 47.7 Å². The predicted octanol–water partition coefficient (Wildman–Crippen LogP) is 6.72. The standard InChI is InChI=1S/C19H18OP.C17H14P.Fe/c1-2-20-18-14-9-15-19(18)21(16-10-5-3-6-11-16)17-12-7-4-8-13-17;1-3-9-15(10-4-1)18(17-13-7-8-14-17)16-11-5-2-6-12-16;/h3-15H,2H2,1H3;1-14H;/q-1;-5;. The van der Waals surface area contributed by atoms with Crippen molar-refractivity contribution in [3.63, 3.8) is 0 Å². The van der Waals surface area contributed by atoms with E-state index in [0.717, 1.165) is 5.75 Å². The normalized spacial score (nSPS) is 10.5. The number of rotatable bonds is 8. The molecule has 0 spiro atoms. The van der Waals surface area contributed by atoms with E-state index in [4.69, 9.17) is 4.74 Å². The first-order chi connectivity index (χ1) is 19.3.